The fourth-order valence-corrected chi connectivity index (χ4v) is 2.03. The molecule has 0 radical (unpaired) electrons. The first kappa shape index (κ1) is 16.1. The predicted molar refractivity (Wildman–Crippen MR) is 82.7 cm³/mol. The van der Waals surface area contributed by atoms with Crippen LogP contribution in [0.4, 0.5) is 0 Å². The van der Waals surface area contributed by atoms with Crippen molar-refractivity contribution >= 4 is 5.91 Å². The maximum atomic E-state index is 12.3. The molecule has 118 valence electrons. The molecule has 2 aromatic rings. The average Bonchev–Trinajstić information content (AvgIpc) is 3.02. The highest BCUT2D eigenvalue weighted by atomic mass is 16.5. The zero-order chi connectivity index (χ0) is 15.8. The first-order valence-electron chi connectivity index (χ1n) is 7.17. The van der Waals surface area contributed by atoms with E-state index in [0.29, 0.717) is 25.4 Å². The molecule has 0 saturated heterocycles. The largest absolute Gasteiger partial charge is 0.484 e. The molecule has 0 aliphatic heterocycles. The smallest absolute Gasteiger partial charge is 0.260 e. The summed E-state index contributed by atoms with van der Waals surface area (Å²) in [5.41, 5.74) is 1.09. The predicted octanol–water partition coefficient (Wildman–Crippen LogP) is 2.64. The van der Waals surface area contributed by atoms with E-state index in [1.54, 1.807) is 24.3 Å². The number of methoxy groups -OCH3 is 1. The number of nitrogens with zero attached hydrogens (tertiary/aromatic N) is 1. The van der Waals surface area contributed by atoms with Gasteiger partial charge >= 0.3 is 0 Å². The molecule has 5 heteroatoms. The van der Waals surface area contributed by atoms with Crippen molar-refractivity contribution in [1.82, 2.24) is 4.90 Å². The number of carbonyl (C=O) groups is 1. The van der Waals surface area contributed by atoms with Gasteiger partial charge in [-0.1, -0.05) is 12.1 Å². The van der Waals surface area contributed by atoms with Gasteiger partial charge in [0.05, 0.1) is 19.4 Å². The third-order valence-corrected chi connectivity index (χ3v) is 3.20. The van der Waals surface area contributed by atoms with E-state index in [0.717, 1.165) is 11.3 Å². The molecule has 0 unspecified atom stereocenters. The summed E-state index contributed by atoms with van der Waals surface area (Å²) in [5.74, 6) is 1.33. The summed E-state index contributed by atoms with van der Waals surface area (Å²) in [7, 11) is 1.61. The molecule has 5 nitrogen and oxygen atoms in total. The number of hydrogen-bond acceptors (Lipinski definition) is 4. The highest BCUT2D eigenvalue weighted by Crippen LogP contribution is 2.13. The van der Waals surface area contributed by atoms with Crippen molar-refractivity contribution in [2.45, 2.75) is 13.5 Å². The number of carbonyl (C=O) groups excluding carboxylic acids is 1. The standard InChI is InChI=1S/C17H21NO4/c1-14-5-3-6-15(11-14)22-13-17(19)18(8-10-20-2)12-16-7-4-9-21-16/h3-7,9,11H,8,10,12-13H2,1-2H3. The summed E-state index contributed by atoms with van der Waals surface area (Å²) >= 11 is 0. The number of benzene rings is 1. The number of rotatable bonds is 8. The normalized spacial score (nSPS) is 10.5. The summed E-state index contributed by atoms with van der Waals surface area (Å²) < 4.78 is 15.9. The van der Waals surface area contributed by atoms with Crippen molar-refractivity contribution in [2.75, 3.05) is 26.9 Å². The number of amides is 1. The molecule has 0 aliphatic rings. The quantitative estimate of drug-likeness (QED) is 0.752. The fourth-order valence-electron chi connectivity index (χ4n) is 2.03. The van der Waals surface area contributed by atoms with Crippen LogP contribution in [0.25, 0.3) is 0 Å². The SMILES string of the molecule is COCCN(Cc1ccco1)C(=O)COc1cccc(C)c1. The highest BCUT2D eigenvalue weighted by molar-refractivity contribution is 5.77. The lowest BCUT2D eigenvalue weighted by Crippen LogP contribution is -2.36. The summed E-state index contributed by atoms with van der Waals surface area (Å²) in [6.45, 7) is 3.35. The van der Waals surface area contributed by atoms with Gasteiger partial charge in [0.2, 0.25) is 0 Å². The number of ether oxygens (including phenoxy) is 2. The van der Waals surface area contributed by atoms with Gasteiger partial charge in [-0.2, -0.15) is 0 Å². The van der Waals surface area contributed by atoms with Crippen molar-refractivity contribution in [3.8, 4) is 5.75 Å². The van der Waals surface area contributed by atoms with Gasteiger partial charge in [0.1, 0.15) is 11.5 Å². The minimum absolute atomic E-state index is 0.00608. The molecule has 0 fully saturated rings. The molecule has 1 heterocycles. The Morgan fingerprint density at radius 3 is 2.82 bits per heavy atom. The fraction of sp³-hybridized carbons (Fsp3) is 0.353. The van der Waals surface area contributed by atoms with E-state index in [2.05, 4.69) is 0 Å². The van der Waals surface area contributed by atoms with E-state index < -0.39 is 0 Å². The number of aryl methyl sites for hydroxylation is 1. The van der Waals surface area contributed by atoms with Crippen LogP contribution in [0.5, 0.6) is 5.75 Å². The molecule has 0 N–H and O–H groups in total. The van der Waals surface area contributed by atoms with Gasteiger partial charge in [-0.3, -0.25) is 4.79 Å². The molecule has 1 amide bonds. The molecule has 1 aromatic heterocycles. The average molecular weight is 303 g/mol. The Bertz CT molecular complexity index is 580. The van der Waals surface area contributed by atoms with Crippen molar-refractivity contribution < 1.29 is 18.7 Å². The zero-order valence-corrected chi connectivity index (χ0v) is 13.0. The monoisotopic (exact) mass is 303 g/mol. The minimum atomic E-state index is -0.102. The Balaban J connectivity index is 1.92. The molecule has 0 spiro atoms. The lowest BCUT2D eigenvalue weighted by Gasteiger charge is -2.21. The minimum Gasteiger partial charge on any atom is -0.484 e. The van der Waals surface area contributed by atoms with Gasteiger partial charge in [-0.25, -0.2) is 0 Å². The van der Waals surface area contributed by atoms with Crippen LogP contribution in [-0.4, -0.2) is 37.7 Å². The molecular formula is C17H21NO4. The van der Waals surface area contributed by atoms with E-state index in [1.165, 1.54) is 0 Å². The molecule has 1 aromatic carbocycles. The molecular weight excluding hydrogens is 282 g/mol. The zero-order valence-electron chi connectivity index (χ0n) is 13.0. The van der Waals surface area contributed by atoms with Crippen LogP contribution in [0, 0.1) is 6.92 Å². The Morgan fingerprint density at radius 2 is 2.14 bits per heavy atom. The second-order valence-corrected chi connectivity index (χ2v) is 4.99. The van der Waals surface area contributed by atoms with Crippen molar-refractivity contribution in [3.05, 3.63) is 54.0 Å². The van der Waals surface area contributed by atoms with E-state index >= 15 is 0 Å². The first-order valence-corrected chi connectivity index (χ1v) is 7.17. The van der Waals surface area contributed by atoms with Gasteiger partial charge in [0.25, 0.3) is 5.91 Å². The molecule has 0 aliphatic carbocycles. The lowest BCUT2D eigenvalue weighted by atomic mass is 10.2. The highest BCUT2D eigenvalue weighted by Gasteiger charge is 2.16. The van der Waals surface area contributed by atoms with Crippen LogP contribution in [0.3, 0.4) is 0 Å². The molecule has 0 atom stereocenters. The first-order chi connectivity index (χ1) is 10.7. The van der Waals surface area contributed by atoms with Crippen molar-refractivity contribution in [1.29, 1.82) is 0 Å². The van der Waals surface area contributed by atoms with Gasteiger partial charge in [0.15, 0.2) is 6.61 Å². The summed E-state index contributed by atoms with van der Waals surface area (Å²) in [4.78, 5) is 14.0. The number of hydrogen-bond donors (Lipinski definition) is 0. The summed E-state index contributed by atoms with van der Waals surface area (Å²) in [6.07, 6.45) is 1.59. The van der Waals surface area contributed by atoms with E-state index in [1.807, 2.05) is 37.3 Å². The van der Waals surface area contributed by atoms with Crippen LogP contribution in [0.2, 0.25) is 0 Å². The van der Waals surface area contributed by atoms with Gasteiger partial charge in [-0.15, -0.1) is 0 Å². The molecule has 0 saturated carbocycles. The molecule has 0 bridgehead atoms. The van der Waals surface area contributed by atoms with Crippen LogP contribution in [-0.2, 0) is 16.1 Å². The van der Waals surface area contributed by atoms with Crippen LogP contribution in [0.15, 0.2) is 47.1 Å². The maximum Gasteiger partial charge on any atom is 0.260 e. The molecule has 22 heavy (non-hydrogen) atoms. The van der Waals surface area contributed by atoms with Gasteiger partial charge in [0, 0.05) is 13.7 Å². The third-order valence-electron chi connectivity index (χ3n) is 3.20. The van der Waals surface area contributed by atoms with Crippen LogP contribution < -0.4 is 4.74 Å². The maximum absolute atomic E-state index is 12.3. The van der Waals surface area contributed by atoms with Gasteiger partial charge < -0.3 is 18.8 Å². The van der Waals surface area contributed by atoms with E-state index in [9.17, 15) is 4.79 Å². The topological polar surface area (TPSA) is 51.9 Å². The Hall–Kier alpha value is -2.27. The lowest BCUT2D eigenvalue weighted by molar-refractivity contribution is -0.134. The van der Waals surface area contributed by atoms with Crippen molar-refractivity contribution in [2.24, 2.45) is 0 Å². The second kappa shape index (κ2) is 8.24. The van der Waals surface area contributed by atoms with Crippen LogP contribution in [0.1, 0.15) is 11.3 Å². The Labute approximate surface area is 130 Å². The molecule has 2 rings (SSSR count). The van der Waals surface area contributed by atoms with Gasteiger partial charge in [-0.05, 0) is 36.8 Å². The third kappa shape index (κ3) is 4.93. The number of furan rings is 1. The van der Waals surface area contributed by atoms with E-state index in [-0.39, 0.29) is 12.5 Å². The second-order valence-electron chi connectivity index (χ2n) is 4.99. The summed E-state index contributed by atoms with van der Waals surface area (Å²) in [5, 5.41) is 0. The Morgan fingerprint density at radius 1 is 1.27 bits per heavy atom. The summed E-state index contributed by atoms with van der Waals surface area (Å²) in [6, 6.07) is 11.3. The van der Waals surface area contributed by atoms with Crippen LogP contribution >= 0.6 is 0 Å². The van der Waals surface area contributed by atoms with E-state index in [4.69, 9.17) is 13.9 Å². The van der Waals surface area contributed by atoms with Crippen molar-refractivity contribution in [3.63, 3.8) is 0 Å². The Kier molecular flexibility index (Phi) is 6.03.